The van der Waals surface area contributed by atoms with Crippen LogP contribution in [0.3, 0.4) is 0 Å². The second-order valence-corrected chi connectivity index (χ2v) is 4.81. The van der Waals surface area contributed by atoms with Crippen LogP contribution in [0.5, 0.6) is 0 Å². The van der Waals surface area contributed by atoms with Gasteiger partial charge >= 0.3 is 6.18 Å². The lowest BCUT2D eigenvalue weighted by Gasteiger charge is -2.25. The van der Waals surface area contributed by atoms with E-state index in [4.69, 9.17) is 5.73 Å². The van der Waals surface area contributed by atoms with Crippen LogP contribution in [0.15, 0.2) is 0 Å². The number of halogens is 3. The van der Waals surface area contributed by atoms with Gasteiger partial charge in [0.1, 0.15) is 0 Å². The summed E-state index contributed by atoms with van der Waals surface area (Å²) in [5.74, 6) is 0.997. The van der Waals surface area contributed by atoms with Gasteiger partial charge in [-0.2, -0.15) is 13.2 Å². The maximum Gasteiger partial charge on any atom is 0.390 e. The molecule has 1 aliphatic carbocycles. The van der Waals surface area contributed by atoms with Crippen molar-refractivity contribution < 1.29 is 13.2 Å². The number of alkyl halides is 3. The molecule has 1 fully saturated rings. The lowest BCUT2D eigenvalue weighted by molar-refractivity contribution is -0.137. The van der Waals surface area contributed by atoms with Gasteiger partial charge in [-0.1, -0.05) is 6.42 Å². The van der Waals surface area contributed by atoms with Crippen LogP contribution in [0.1, 0.15) is 25.7 Å². The summed E-state index contributed by atoms with van der Waals surface area (Å²) in [6.07, 6.45) is -1.35. The molecule has 0 bridgehead atoms. The molecule has 2 nitrogen and oxygen atoms in total. The average Bonchev–Trinajstić information content (AvgIpc) is 2.61. The Hall–Kier alpha value is -0.290. The molecule has 0 amide bonds. The summed E-state index contributed by atoms with van der Waals surface area (Å²) in [7, 11) is 1.76. The standard InChI is InChI=1S/C11H21F3N2/c1-16(6-5-11(12,13)14)8-10-4-2-3-9(10)7-15/h9-10H,2-8,15H2,1H3. The molecule has 16 heavy (non-hydrogen) atoms. The van der Waals surface area contributed by atoms with Gasteiger partial charge in [-0.05, 0) is 38.3 Å². The summed E-state index contributed by atoms with van der Waals surface area (Å²) in [6, 6.07) is 0. The van der Waals surface area contributed by atoms with Gasteiger partial charge in [0.2, 0.25) is 0 Å². The Morgan fingerprint density at radius 2 is 1.88 bits per heavy atom. The van der Waals surface area contributed by atoms with Crippen molar-refractivity contribution in [1.29, 1.82) is 0 Å². The lowest BCUT2D eigenvalue weighted by Crippen LogP contribution is -2.32. The number of nitrogens with two attached hydrogens (primary N) is 1. The molecule has 0 saturated heterocycles. The number of hydrogen-bond acceptors (Lipinski definition) is 2. The maximum absolute atomic E-state index is 12.0. The molecule has 2 atom stereocenters. The predicted octanol–water partition coefficient (Wildman–Crippen LogP) is 2.25. The number of rotatable bonds is 5. The third kappa shape index (κ3) is 4.70. The smallest absolute Gasteiger partial charge is 0.330 e. The normalized spacial score (nSPS) is 26.6. The van der Waals surface area contributed by atoms with Crippen LogP contribution in [-0.2, 0) is 0 Å². The van der Waals surface area contributed by atoms with Crippen LogP contribution >= 0.6 is 0 Å². The third-order valence-corrected chi connectivity index (χ3v) is 3.44. The Morgan fingerprint density at radius 3 is 2.44 bits per heavy atom. The van der Waals surface area contributed by atoms with Gasteiger partial charge in [0.25, 0.3) is 0 Å². The summed E-state index contributed by atoms with van der Waals surface area (Å²) in [6.45, 7) is 1.51. The van der Waals surface area contributed by atoms with E-state index in [1.807, 2.05) is 0 Å². The highest BCUT2D eigenvalue weighted by molar-refractivity contribution is 4.80. The quantitative estimate of drug-likeness (QED) is 0.796. The molecule has 1 rings (SSSR count). The summed E-state index contributed by atoms with van der Waals surface area (Å²) in [5, 5.41) is 0. The van der Waals surface area contributed by atoms with Crippen molar-refractivity contribution in [3.63, 3.8) is 0 Å². The fraction of sp³-hybridized carbons (Fsp3) is 1.00. The van der Waals surface area contributed by atoms with Gasteiger partial charge < -0.3 is 10.6 Å². The van der Waals surface area contributed by atoms with Crippen LogP contribution in [0.25, 0.3) is 0 Å². The molecule has 5 heteroatoms. The largest absolute Gasteiger partial charge is 0.390 e. The minimum absolute atomic E-state index is 0.0945. The summed E-state index contributed by atoms with van der Waals surface area (Å²) in [4.78, 5) is 1.78. The van der Waals surface area contributed by atoms with E-state index in [-0.39, 0.29) is 6.54 Å². The maximum atomic E-state index is 12.0. The number of nitrogens with zero attached hydrogens (tertiary/aromatic N) is 1. The summed E-state index contributed by atoms with van der Waals surface area (Å²) >= 11 is 0. The molecule has 0 spiro atoms. The molecule has 0 heterocycles. The average molecular weight is 238 g/mol. The Bertz CT molecular complexity index is 206. The minimum atomic E-state index is -4.04. The van der Waals surface area contributed by atoms with Crippen molar-refractivity contribution in [1.82, 2.24) is 4.90 Å². The molecule has 0 aromatic heterocycles. The van der Waals surface area contributed by atoms with Gasteiger partial charge in [0.05, 0.1) is 6.42 Å². The molecule has 0 aromatic rings. The first-order chi connectivity index (χ1) is 7.42. The van der Waals surface area contributed by atoms with Crippen molar-refractivity contribution >= 4 is 0 Å². The molecule has 1 saturated carbocycles. The number of hydrogen-bond donors (Lipinski definition) is 1. The van der Waals surface area contributed by atoms with Crippen LogP contribution < -0.4 is 5.73 Å². The highest BCUT2D eigenvalue weighted by atomic mass is 19.4. The van der Waals surface area contributed by atoms with Crippen molar-refractivity contribution in [2.45, 2.75) is 31.9 Å². The lowest BCUT2D eigenvalue weighted by atomic mass is 9.96. The zero-order valence-electron chi connectivity index (χ0n) is 9.76. The first-order valence-electron chi connectivity index (χ1n) is 5.87. The Morgan fingerprint density at radius 1 is 1.25 bits per heavy atom. The van der Waals surface area contributed by atoms with Gasteiger partial charge in [-0.3, -0.25) is 0 Å². The van der Waals surface area contributed by atoms with E-state index in [9.17, 15) is 13.2 Å². The first kappa shape index (κ1) is 13.8. The highest BCUT2D eigenvalue weighted by Gasteiger charge is 2.30. The molecule has 2 N–H and O–H groups in total. The van der Waals surface area contributed by atoms with E-state index in [1.165, 1.54) is 6.42 Å². The van der Waals surface area contributed by atoms with Crippen molar-refractivity contribution in [2.75, 3.05) is 26.7 Å². The monoisotopic (exact) mass is 238 g/mol. The molecule has 1 aliphatic rings. The van der Waals surface area contributed by atoms with E-state index >= 15 is 0 Å². The van der Waals surface area contributed by atoms with Gasteiger partial charge in [-0.25, -0.2) is 0 Å². The molecule has 0 aromatic carbocycles. The molecule has 0 aliphatic heterocycles. The van der Waals surface area contributed by atoms with Crippen LogP contribution in [0, 0.1) is 11.8 Å². The van der Waals surface area contributed by atoms with Gasteiger partial charge in [0, 0.05) is 13.1 Å². The zero-order valence-corrected chi connectivity index (χ0v) is 9.76. The Kier molecular flexibility index (Phi) is 5.05. The predicted molar refractivity (Wildman–Crippen MR) is 58.1 cm³/mol. The Balaban J connectivity index is 2.25. The van der Waals surface area contributed by atoms with E-state index < -0.39 is 12.6 Å². The van der Waals surface area contributed by atoms with E-state index in [1.54, 1.807) is 11.9 Å². The minimum Gasteiger partial charge on any atom is -0.330 e. The second kappa shape index (κ2) is 5.87. The SMILES string of the molecule is CN(CCC(F)(F)F)CC1CCCC1CN. The van der Waals surface area contributed by atoms with Crippen molar-refractivity contribution in [2.24, 2.45) is 17.6 Å². The van der Waals surface area contributed by atoms with E-state index in [2.05, 4.69) is 0 Å². The fourth-order valence-corrected chi connectivity index (χ4v) is 2.47. The Labute approximate surface area is 95.0 Å². The van der Waals surface area contributed by atoms with Crippen LogP contribution in [0.2, 0.25) is 0 Å². The molecular formula is C11H21F3N2. The summed E-state index contributed by atoms with van der Waals surface area (Å²) < 4.78 is 36.1. The fourth-order valence-electron chi connectivity index (χ4n) is 2.47. The first-order valence-corrected chi connectivity index (χ1v) is 5.87. The topological polar surface area (TPSA) is 29.3 Å². The van der Waals surface area contributed by atoms with Crippen LogP contribution in [-0.4, -0.2) is 37.8 Å². The second-order valence-electron chi connectivity index (χ2n) is 4.81. The van der Waals surface area contributed by atoms with Crippen molar-refractivity contribution in [3.05, 3.63) is 0 Å². The zero-order chi connectivity index (χ0) is 12.2. The molecular weight excluding hydrogens is 217 g/mol. The van der Waals surface area contributed by atoms with Crippen molar-refractivity contribution in [3.8, 4) is 0 Å². The van der Waals surface area contributed by atoms with Gasteiger partial charge in [0.15, 0.2) is 0 Å². The summed E-state index contributed by atoms with van der Waals surface area (Å²) in [5.41, 5.74) is 5.64. The van der Waals surface area contributed by atoms with E-state index in [0.29, 0.717) is 18.4 Å². The molecule has 0 radical (unpaired) electrons. The molecule has 96 valence electrons. The van der Waals surface area contributed by atoms with E-state index in [0.717, 1.165) is 19.4 Å². The highest BCUT2D eigenvalue weighted by Crippen LogP contribution is 2.31. The molecule has 2 unspecified atom stereocenters. The van der Waals surface area contributed by atoms with Crippen LogP contribution in [0.4, 0.5) is 13.2 Å². The van der Waals surface area contributed by atoms with Gasteiger partial charge in [-0.15, -0.1) is 0 Å². The third-order valence-electron chi connectivity index (χ3n) is 3.44.